The molecule has 4 aromatic rings. The minimum absolute atomic E-state index is 0.425. The van der Waals surface area contributed by atoms with Crippen LogP contribution in [0.5, 0.6) is 11.6 Å². The number of carbonyl (C=O) groups is 1. The second-order valence-corrected chi connectivity index (χ2v) is 17.4. The van der Waals surface area contributed by atoms with Crippen LogP contribution in [-0.2, 0) is 15.7 Å². The zero-order valence-electron chi connectivity index (χ0n) is 23.9. The van der Waals surface area contributed by atoms with Gasteiger partial charge < -0.3 is 4.74 Å². The molecule has 0 bridgehead atoms. The molecule has 4 aliphatic rings. The van der Waals surface area contributed by atoms with Gasteiger partial charge in [0.2, 0.25) is 5.88 Å². The number of aromatic nitrogens is 3. The molecule has 0 atom stereocenters. The van der Waals surface area contributed by atoms with E-state index in [1.165, 1.54) is 53.3 Å². The molecule has 0 radical (unpaired) electrons. The van der Waals surface area contributed by atoms with Crippen molar-refractivity contribution in [3.05, 3.63) is 71.0 Å². The molecule has 1 N–H and O–H groups in total. The van der Waals surface area contributed by atoms with Crippen molar-refractivity contribution in [3.63, 3.8) is 0 Å². The van der Waals surface area contributed by atoms with Crippen LogP contribution in [0.3, 0.4) is 0 Å². The van der Waals surface area contributed by atoms with Crippen LogP contribution < -0.4 is 20.1 Å². The average Bonchev–Trinajstić information content (AvgIpc) is 3.89. The molecule has 1 aromatic carbocycles. The standard InChI is InChI=1S/C18H21N2O3P.C14H16N2O/c1-13-3-5-14(6-4-13)17-18-16(24(2,11-22-18)12-23-24)9-15(20-17)7-8-19-10-21;1-9-6-11-8-13(10-2-3-10)15-16(11)14(7-9)17-12-4-5-12/h3-6,9-10H,7-8,11-12H2,1-2H3,(H,19,21);6-8,10,12H,2-5H2,1H3. The van der Waals surface area contributed by atoms with Gasteiger partial charge in [0.05, 0.1) is 11.2 Å². The topological polar surface area (TPSA) is 90.3 Å². The molecule has 5 heterocycles. The first-order valence-corrected chi connectivity index (χ1v) is 17.5. The number of ether oxygens (including phenoxy) is 2. The Kier molecular flexibility index (Phi) is 6.32. The summed E-state index contributed by atoms with van der Waals surface area (Å²) in [6.07, 6.45) is 8.24. The van der Waals surface area contributed by atoms with Crippen LogP contribution in [0.15, 0.2) is 48.5 Å². The Morgan fingerprint density at radius 1 is 1.05 bits per heavy atom. The SMILES string of the molecule is Cc1cc(OC2CC2)n2nc(C3CC3)cc2c1.Cc1ccc(-c2nc(CCNC=O)cc3c2OCP32(C)CO2)cc1. The predicted octanol–water partition coefficient (Wildman–Crippen LogP) is 5.47. The molecule has 1 amide bonds. The van der Waals surface area contributed by atoms with Crippen LogP contribution in [0.4, 0.5) is 0 Å². The fourth-order valence-corrected chi connectivity index (χ4v) is 8.67. The normalized spacial score (nSPS) is 20.2. The second kappa shape index (κ2) is 9.81. The number of rotatable bonds is 8. The molecule has 8 nitrogen and oxygen atoms in total. The summed E-state index contributed by atoms with van der Waals surface area (Å²) < 4.78 is 19.9. The Labute approximate surface area is 240 Å². The maximum absolute atomic E-state index is 10.5. The number of amides is 1. The van der Waals surface area contributed by atoms with Gasteiger partial charge in [0, 0.05) is 12.0 Å². The van der Waals surface area contributed by atoms with Gasteiger partial charge in [0.1, 0.15) is 6.10 Å². The first kappa shape index (κ1) is 26.4. The molecular weight excluding hydrogens is 535 g/mol. The van der Waals surface area contributed by atoms with E-state index in [2.05, 4.69) is 79.5 Å². The van der Waals surface area contributed by atoms with Crippen molar-refractivity contribution >= 4 is 24.1 Å². The van der Waals surface area contributed by atoms with Crippen molar-refractivity contribution in [2.45, 2.75) is 58.0 Å². The third-order valence-electron chi connectivity index (χ3n) is 8.36. The molecule has 2 saturated carbocycles. The first-order valence-electron chi connectivity index (χ1n) is 14.6. The summed E-state index contributed by atoms with van der Waals surface area (Å²) in [4.78, 5) is 15.3. The number of carbonyl (C=O) groups excluding carboxylic acids is 1. The van der Waals surface area contributed by atoms with Crippen LogP contribution in [-0.4, -0.2) is 53.0 Å². The molecule has 0 unspecified atom stereocenters. The van der Waals surface area contributed by atoms with Gasteiger partial charge in [-0.25, -0.2) is 4.52 Å². The average molecular weight is 573 g/mol. The molecule has 1 saturated heterocycles. The molecule has 9 heteroatoms. The molecule has 1 spiro atoms. The quantitative estimate of drug-likeness (QED) is 0.130. The van der Waals surface area contributed by atoms with E-state index in [1.54, 1.807) is 0 Å². The Morgan fingerprint density at radius 3 is 2.51 bits per heavy atom. The number of nitrogens with zero attached hydrogens (tertiary/aromatic N) is 3. The van der Waals surface area contributed by atoms with E-state index in [0.29, 0.717) is 31.3 Å². The Morgan fingerprint density at radius 2 is 1.83 bits per heavy atom. The van der Waals surface area contributed by atoms with E-state index in [1.807, 2.05) is 4.52 Å². The van der Waals surface area contributed by atoms with Crippen molar-refractivity contribution in [1.29, 1.82) is 0 Å². The van der Waals surface area contributed by atoms with Crippen LogP contribution in [0.25, 0.3) is 16.8 Å². The van der Waals surface area contributed by atoms with Gasteiger partial charge in [-0.1, -0.05) is 0 Å². The Bertz CT molecular complexity index is 1640. The molecule has 3 fully saturated rings. The van der Waals surface area contributed by atoms with Crippen molar-refractivity contribution < 1.29 is 18.8 Å². The van der Waals surface area contributed by atoms with Gasteiger partial charge in [0.25, 0.3) is 0 Å². The number of nitrogens with one attached hydrogen (secondary N) is 1. The van der Waals surface area contributed by atoms with Crippen LogP contribution in [0.1, 0.15) is 54.1 Å². The molecule has 2 aliphatic heterocycles. The van der Waals surface area contributed by atoms with E-state index >= 15 is 0 Å². The first-order chi connectivity index (χ1) is 19.8. The number of hydrogen-bond acceptors (Lipinski definition) is 6. The van der Waals surface area contributed by atoms with E-state index in [-0.39, 0.29) is 0 Å². The van der Waals surface area contributed by atoms with Gasteiger partial charge in [0.15, 0.2) is 0 Å². The van der Waals surface area contributed by atoms with Gasteiger partial charge in [-0.15, -0.1) is 0 Å². The fraction of sp³-hybridized carbons (Fsp3) is 0.406. The van der Waals surface area contributed by atoms with Crippen molar-refractivity contribution in [1.82, 2.24) is 19.9 Å². The zero-order chi connectivity index (χ0) is 28.2. The molecular formula is C32H37N4O4P. The van der Waals surface area contributed by atoms with Gasteiger partial charge in [-0.2, -0.15) is 5.10 Å². The summed E-state index contributed by atoms with van der Waals surface area (Å²) in [5.74, 6) is 2.49. The second-order valence-electron chi connectivity index (χ2n) is 12.3. The van der Waals surface area contributed by atoms with Crippen molar-refractivity contribution in [2.24, 2.45) is 0 Å². The van der Waals surface area contributed by atoms with Crippen molar-refractivity contribution in [2.75, 3.05) is 25.9 Å². The predicted molar refractivity (Wildman–Crippen MR) is 162 cm³/mol. The molecule has 3 aromatic heterocycles. The summed E-state index contributed by atoms with van der Waals surface area (Å²) in [6, 6.07) is 16.9. The third-order valence-corrected chi connectivity index (χ3v) is 12.3. The third kappa shape index (κ3) is 5.20. The molecule has 8 rings (SSSR count). The maximum atomic E-state index is 10.5. The van der Waals surface area contributed by atoms with E-state index < -0.39 is 6.83 Å². The van der Waals surface area contributed by atoms with Crippen molar-refractivity contribution in [3.8, 4) is 22.9 Å². The number of benzene rings is 1. The number of aryl methyl sites for hydroxylation is 2. The van der Waals surface area contributed by atoms with Gasteiger partial charge in [-0.05, 0) is 50.3 Å². The van der Waals surface area contributed by atoms with E-state index in [9.17, 15) is 4.79 Å². The Hall–Kier alpha value is -3.48. The summed E-state index contributed by atoms with van der Waals surface area (Å²) in [5, 5.41) is 8.59. The Balaban J connectivity index is 0.000000142. The molecule has 41 heavy (non-hydrogen) atoms. The van der Waals surface area contributed by atoms with Crippen LogP contribution >= 0.6 is 6.83 Å². The van der Waals surface area contributed by atoms with E-state index in [4.69, 9.17) is 19.0 Å². The number of hydrogen-bond donors (Lipinski definition) is 1. The summed E-state index contributed by atoms with van der Waals surface area (Å²) in [6.45, 7) is 4.69. The molecule has 2 aliphatic carbocycles. The minimum atomic E-state index is -2.29. The zero-order valence-corrected chi connectivity index (χ0v) is 24.8. The fourth-order valence-electron chi connectivity index (χ4n) is 5.36. The van der Waals surface area contributed by atoms with Gasteiger partial charge in [-0.3, -0.25) is 0 Å². The summed E-state index contributed by atoms with van der Waals surface area (Å²) in [7, 11) is 0. The van der Waals surface area contributed by atoms with Crippen LogP contribution in [0.2, 0.25) is 0 Å². The van der Waals surface area contributed by atoms with Gasteiger partial charge >= 0.3 is 141 Å². The van der Waals surface area contributed by atoms with E-state index in [0.717, 1.165) is 41.3 Å². The monoisotopic (exact) mass is 572 g/mol. The summed E-state index contributed by atoms with van der Waals surface area (Å²) in [5.41, 5.74) is 7.76. The number of fused-ring (bicyclic) bond motifs is 3. The van der Waals surface area contributed by atoms with Crippen LogP contribution in [0, 0.1) is 13.8 Å². The molecule has 214 valence electrons. The summed E-state index contributed by atoms with van der Waals surface area (Å²) >= 11 is 0. The number of pyridine rings is 2.